The maximum atomic E-state index is 5.82. The average molecular weight is 148 g/mol. The summed E-state index contributed by atoms with van der Waals surface area (Å²) in [6.45, 7) is 2.22. The first-order valence-corrected chi connectivity index (χ1v) is 4.39. The summed E-state index contributed by atoms with van der Waals surface area (Å²) in [5, 5.41) is 0. The van der Waals surface area contributed by atoms with E-state index in [1.54, 1.807) is 0 Å². The molecule has 0 radical (unpaired) electrons. The fraction of sp³-hybridized carbons (Fsp3) is 0.600. The standard InChI is InChI=1S/C10H12O/c1-10-6-8(10)7-4-2-3-5-9(7)11-10/h4-5,8H,2-3,6H2,1H3. The van der Waals surface area contributed by atoms with Crippen molar-refractivity contribution in [3.05, 3.63) is 23.5 Å². The zero-order valence-corrected chi connectivity index (χ0v) is 6.76. The van der Waals surface area contributed by atoms with Gasteiger partial charge >= 0.3 is 0 Å². The number of hydrogen-bond acceptors (Lipinski definition) is 1. The second-order valence-electron chi connectivity index (χ2n) is 3.98. The highest BCUT2D eigenvalue weighted by molar-refractivity contribution is 5.44. The van der Waals surface area contributed by atoms with Crippen LogP contribution in [-0.4, -0.2) is 5.60 Å². The Hall–Kier alpha value is -0.720. The second-order valence-corrected chi connectivity index (χ2v) is 3.98. The molecule has 3 rings (SSSR count). The predicted octanol–water partition coefficient (Wildman–Crippen LogP) is 2.40. The van der Waals surface area contributed by atoms with Gasteiger partial charge in [-0.25, -0.2) is 0 Å². The van der Waals surface area contributed by atoms with E-state index in [1.165, 1.54) is 30.6 Å². The van der Waals surface area contributed by atoms with Crippen molar-refractivity contribution >= 4 is 0 Å². The lowest BCUT2D eigenvalue weighted by atomic mass is 10.0. The second kappa shape index (κ2) is 1.55. The van der Waals surface area contributed by atoms with Crippen LogP contribution < -0.4 is 0 Å². The molecule has 58 valence electrons. The molecule has 2 aliphatic carbocycles. The van der Waals surface area contributed by atoms with Crippen LogP contribution in [0.1, 0.15) is 26.2 Å². The van der Waals surface area contributed by atoms with E-state index in [1.807, 2.05) is 0 Å². The third kappa shape index (κ3) is 0.615. The third-order valence-corrected chi connectivity index (χ3v) is 3.05. The zero-order chi connectivity index (χ0) is 7.47. The molecule has 1 heteroatoms. The molecule has 3 aliphatic rings. The van der Waals surface area contributed by atoms with Crippen molar-refractivity contribution in [2.75, 3.05) is 0 Å². The van der Waals surface area contributed by atoms with Crippen LogP contribution in [0.3, 0.4) is 0 Å². The van der Waals surface area contributed by atoms with E-state index in [0.717, 1.165) is 5.92 Å². The van der Waals surface area contributed by atoms with E-state index < -0.39 is 0 Å². The van der Waals surface area contributed by atoms with Crippen LogP contribution in [-0.2, 0) is 4.74 Å². The predicted molar refractivity (Wildman–Crippen MR) is 43.0 cm³/mol. The molecule has 0 aromatic rings. The van der Waals surface area contributed by atoms with E-state index in [9.17, 15) is 0 Å². The minimum Gasteiger partial charge on any atom is -0.487 e. The van der Waals surface area contributed by atoms with Gasteiger partial charge < -0.3 is 4.74 Å². The quantitative estimate of drug-likeness (QED) is 0.512. The lowest BCUT2D eigenvalue weighted by molar-refractivity contribution is 0.133. The third-order valence-electron chi connectivity index (χ3n) is 3.05. The van der Waals surface area contributed by atoms with E-state index in [0.29, 0.717) is 0 Å². The number of allylic oxidation sites excluding steroid dienone is 3. The Balaban J connectivity index is 2.05. The fourth-order valence-corrected chi connectivity index (χ4v) is 2.24. The normalized spacial score (nSPS) is 45.0. The van der Waals surface area contributed by atoms with Gasteiger partial charge in [0.2, 0.25) is 0 Å². The minimum absolute atomic E-state index is 0.210. The van der Waals surface area contributed by atoms with Crippen molar-refractivity contribution in [2.45, 2.75) is 31.8 Å². The topological polar surface area (TPSA) is 9.23 Å². The molecule has 1 heterocycles. The average Bonchev–Trinajstić information content (AvgIpc) is 2.56. The van der Waals surface area contributed by atoms with Crippen molar-refractivity contribution in [3.63, 3.8) is 0 Å². The first kappa shape index (κ1) is 5.87. The number of ether oxygens (including phenoxy) is 1. The van der Waals surface area contributed by atoms with Crippen LogP contribution in [0.5, 0.6) is 0 Å². The van der Waals surface area contributed by atoms with E-state index in [-0.39, 0.29) is 5.60 Å². The first-order valence-electron chi connectivity index (χ1n) is 4.39. The molecule has 0 aromatic carbocycles. The first-order chi connectivity index (χ1) is 5.30. The molecule has 11 heavy (non-hydrogen) atoms. The van der Waals surface area contributed by atoms with Crippen molar-refractivity contribution in [1.82, 2.24) is 0 Å². The molecular weight excluding hydrogens is 136 g/mol. The Morgan fingerprint density at radius 3 is 3.09 bits per heavy atom. The Bertz CT molecular complexity index is 275. The van der Waals surface area contributed by atoms with Gasteiger partial charge in [0, 0.05) is 5.92 Å². The van der Waals surface area contributed by atoms with Gasteiger partial charge in [-0.3, -0.25) is 0 Å². The lowest BCUT2D eigenvalue weighted by Crippen LogP contribution is -2.02. The van der Waals surface area contributed by atoms with Gasteiger partial charge in [-0.05, 0) is 37.8 Å². The van der Waals surface area contributed by atoms with Gasteiger partial charge in [-0.1, -0.05) is 6.08 Å². The Morgan fingerprint density at radius 2 is 2.27 bits per heavy atom. The van der Waals surface area contributed by atoms with E-state index >= 15 is 0 Å². The van der Waals surface area contributed by atoms with Crippen LogP contribution >= 0.6 is 0 Å². The molecule has 0 N–H and O–H groups in total. The summed E-state index contributed by atoms with van der Waals surface area (Å²) in [5.74, 6) is 1.93. The van der Waals surface area contributed by atoms with Crippen LogP contribution in [0.4, 0.5) is 0 Å². The molecule has 1 nitrogen and oxygen atoms in total. The number of fused-ring (bicyclic) bond motifs is 3. The van der Waals surface area contributed by atoms with Gasteiger partial charge in [-0.15, -0.1) is 0 Å². The summed E-state index contributed by atoms with van der Waals surface area (Å²) in [7, 11) is 0. The van der Waals surface area contributed by atoms with Gasteiger partial charge in [0.25, 0.3) is 0 Å². The molecule has 2 fully saturated rings. The highest BCUT2D eigenvalue weighted by Gasteiger charge is 2.61. The fourth-order valence-electron chi connectivity index (χ4n) is 2.24. The van der Waals surface area contributed by atoms with Crippen molar-refractivity contribution < 1.29 is 4.74 Å². The van der Waals surface area contributed by atoms with Crippen molar-refractivity contribution in [1.29, 1.82) is 0 Å². The summed E-state index contributed by atoms with van der Waals surface area (Å²) in [6.07, 6.45) is 8.23. The molecule has 1 aliphatic heterocycles. The van der Waals surface area contributed by atoms with E-state index in [4.69, 9.17) is 4.74 Å². The van der Waals surface area contributed by atoms with Crippen LogP contribution in [0.15, 0.2) is 23.5 Å². The summed E-state index contributed by atoms with van der Waals surface area (Å²) in [6, 6.07) is 0. The largest absolute Gasteiger partial charge is 0.487 e. The Morgan fingerprint density at radius 1 is 1.45 bits per heavy atom. The Labute approximate surface area is 66.7 Å². The molecule has 0 aromatic heterocycles. The van der Waals surface area contributed by atoms with Crippen LogP contribution in [0.25, 0.3) is 0 Å². The molecule has 0 bridgehead atoms. The summed E-state index contributed by atoms with van der Waals surface area (Å²) >= 11 is 0. The van der Waals surface area contributed by atoms with Crippen molar-refractivity contribution in [3.8, 4) is 0 Å². The molecule has 1 saturated heterocycles. The highest BCUT2D eigenvalue weighted by atomic mass is 16.5. The molecule has 2 atom stereocenters. The van der Waals surface area contributed by atoms with Gasteiger partial charge in [0.05, 0.1) is 0 Å². The van der Waals surface area contributed by atoms with Gasteiger partial charge in [-0.2, -0.15) is 0 Å². The highest BCUT2D eigenvalue weighted by Crippen LogP contribution is 2.60. The summed E-state index contributed by atoms with van der Waals surface area (Å²) < 4.78 is 5.82. The summed E-state index contributed by atoms with van der Waals surface area (Å²) in [4.78, 5) is 0. The lowest BCUT2D eigenvalue weighted by Gasteiger charge is -2.11. The molecule has 0 amide bonds. The van der Waals surface area contributed by atoms with Gasteiger partial charge in [0.15, 0.2) is 0 Å². The molecular formula is C10H12O. The molecule has 0 spiro atoms. The van der Waals surface area contributed by atoms with Crippen LogP contribution in [0, 0.1) is 5.92 Å². The molecule has 1 saturated carbocycles. The zero-order valence-electron chi connectivity index (χ0n) is 6.76. The molecule has 2 unspecified atom stereocenters. The van der Waals surface area contributed by atoms with Crippen LogP contribution in [0.2, 0.25) is 0 Å². The minimum atomic E-state index is 0.210. The monoisotopic (exact) mass is 148 g/mol. The van der Waals surface area contributed by atoms with Gasteiger partial charge in [0.1, 0.15) is 11.4 Å². The SMILES string of the molecule is CC12CC1C1=CCCC=C1O2. The Kier molecular flexibility index (Phi) is 0.826. The van der Waals surface area contributed by atoms with Crippen molar-refractivity contribution in [2.24, 2.45) is 5.92 Å². The smallest absolute Gasteiger partial charge is 0.119 e. The van der Waals surface area contributed by atoms with E-state index in [2.05, 4.69) is 19.1 Å². The maximum absolute atomic E-state index is 5.82. The number of hydrogen-bond donors (Lipinski definition) is 0. The maximum Gasteiger partial charge on any atom is 0.119 e. The summed E-state index contributed by atoms with van der Waals surface area (Å²) in [5.41, 5.74) is 1.71. The number of rotatable bonds is 0.